The molecule has 37 heavy (non-hydrogen) atoms. The molecular formula is C27H31N7O2S. The third kappa shape index (κ3) is 4.73. The number of benzene rings is 2. The highest BCUT2D eigenvalue weighted by Gasteiger charge is 2.27. The van der Waals surface area contributed by atoms with Crippen molar-refractivity contribution < 1.29 is 9.00 Å². The first kappa shape index (κ1) is 23.7. The Bertz CT molecular complexity index is 1440. The quantitative estimate of drug-likeness (QED) is 0.313. The highest BCUT2D eigenvalue weighted by molar-refractivity contribution is 7.85. The first-order valence-corrected chi connectivity index (χ1v) is 14.2. The molecule has 6 rings (SSSR count). The topological polar surface area (TPSA) is 120 Å². The maximum absolute atomic E-state index is 13.1. The van der Waals surface area contributed by atoms with E-state index >= 15 is 0 Å². The highest BCUT2D eigenvalue weighted by Crippen LogP contribution is 2.44. The van der Waals surface area contributed by atoms with Crippen LogP contribution < -0.4 is 16.4 Å². The number of hydrogen-bond acceptors (Lipinski definition) is 5. The van der Waals surface area contributed by atoms with E-state index in [1.54, 1.807) is 11.0 Å². The van der Waals surface area contributed by atoms with Gasteiger partial charge in [-0.2, -0.15) is 5.10 Å². The molecule has 2 aliphatic rings. The van der Waals surface area contributed by atoms with Gasteiger partial charge >= 0.3 is 6.03 Å². The molecule has 2 fully saturated rings. The second kappa shape index (κ2) is 10.0. The van der Waals surface area contributed by atoms with Gasteiger partial charge in [0.25, 0.3) is 0 Å². The van der Waals surface area contributed by atoms with Crippen LogP contribution in [0.15, 0.2) is 60.0 Å². The minimum Gasteiger partial charge on any atom is -0.396 e. The molecule has 2 amide bonds. The SMILES string of the molecule is Nc1c(-c2ccc(NC(=O)NC3CCC3)cc2)n(C2CCC2)c2cc(S(=O)CCn3cncn3)ccc12. The number of nitrogens with one attached hydrogen (secondary N) is 2. The molecule has 0 bridgehead atoms. The Kier molecular flexibility index (Phi) is 6.42. The van der Waals surface area contributed by atoms with E-state index < -0.39 is 10.8 Å². The minimum atomic E-state index is -1.17. The monoisotopic (exact) mass is 517 g/mol. The van der Waals surface area contributed by atoms with Gasteiger partial charge < -0.3 is 20.9 Å². The van der Waals surface area contributed by atoms with E-state index in [1.807, 2.05) is 42.5 Å². The van der Waals surface area contributed by atoms with E-state index in [0.717, 1.165) is 64.1 Å². The summed E-state index contributed by atoms with van der Waals surface area (Å²) >= 11 is 0. The molecule has 2 heterocycles. The van der Waals surface area contributed by atoms with Gasteiger partial charge in [-0.15, -0.1) is 0 Å². The number of rotatable bonds is 8. The Morgan fingerprint density at radius 2 is 1.86 bits per heavy atom. The Morgan fingerprint density at radius 1 is 1.08 bits per heavy atom. The molecule has 192 valence electrons. The number of anilines is 2. The van der Waals surface area contributed by atoms with Crippen LogP contribution in [0.5, 0.6) is 0 Å². The van der Waals surface area contributed by atoms with Crippen LogP contribution in [-0.2, 0) is 17.3 Å². The highest BCUT2D eigenvalue weighted by atomic mass is 32.2. The van der Waals surface area contributed by atoms with Gasteiger partial charge in [0.05, 0.1) is 34.2 Å². The number of nitrogens with zero attached hydrogens (tertiary/aromatic N) is 4. The van der Waals surface area contributed by atoms with Crippen molar-refractivity contribution in [2.24, 2.45) is 0 Å². The average Bonchev–Trinajstić information content (AvgIpc) is 3.46. The molecule has 0 saturated heterocycles. The maximum atomic E-state index is 13.1. The zero-order chi connectivity index (χ0) is 25.4. The Labute approximate surface area is 217 Å². The summed E-state index contributed by atoms with van der Waals surface area (Å²) in [5, 5.41) is 11.0. The van der Waals surface area contributed by atoms with Crippen LogP contribution in [0.25, 0.3) is 22.2 Å². The van der Waals surface area contributed by atoms with Gasteiger partial charge in [0, 0.05) is 39.4 Å². The Hall–Kier alpha value is -3.66. The van der Waals surface area contributed by atoms with Gasteiger partial charge in [-0.3, -0.25) is 8.89 Å². The van der Waals surface area contributed by atoms with Crippen molar-refractivity contribution in [3.63, 3.8) is 0 Å². The van der Waals surface area contributed by atoms with Crippen molar-refractivity contribution in [2.45, 2.75) is 62.0 Å². The summed E-state index contributed by atoms with van der Waals surface area (Å²) in [7, 11) is -1.17. The van der Waals surface area contributed by atoms with Crippen molar-refractivity contribution in [1.29, 1.82) is 0 Å². The fourth-order valence-corrected chi connectivity index (χ4v) is 6.09. The number of urea groups is 1. The summed E-state index contributed by atoms with van der Waals surface area (Å²) in [5.41, 5.74) is 11.2. The van der Waals surface area contributed by atoms with Gasteiger partial charge in [-0.1, -0.05) is 12.1 Å². The van der Waals surface area contributed by atoms with Crippen LogP contribution in [0.3, 0.4) is 0 Å². The fraction of sp³-hybridized carbons (Fsp3) is 0.370. The molecule has 4 N–H and O–H groups in total. The summed E-state index contributed by atoms with van der Waals surface area (Å²) in [6.07, 6.45) is 9.77. The molecule has 9 nitrogen and oxygen atoms in total. The van der Waals surface area contributed by atoms with Gasteiger partial charge in [-0.05, 0) is 68.9 Å². The lowest BCUT2D eigenvalue weighted by Crippen LogP contribution is -2.41. The molecule has 0 aliphatic heterocycles. The van der Waals surface area contributed by atoms with E-state index in [9.17, 15) is 9.00 Å². The molecule has 1 atom stereocenters. The van der Waals surface area contributed by atoms with Crippen LogP contribution >= 0.6 is 0 Å². The minimum absolute atomic E-state index is 0.162. The van der Waals surface area contributed by atoms with Crippen LogP contribution in [0.2, 0.25) is 0 Å². The lowest BCUT2D eigenvalue weighted by atomic mass is 9.92. The number of aryl methyl sites for hydroxylation is 1. The average molecular weight is 518 g/mol. The zero-order valence-corrected chi connectivity index (χ0v) is 21.4. The van der Waals surface area contributed by atoms with Gasteiger partial charge in [0.15, 0.2) is 0 Å². The fourth-order valence-electron chi connectivity index (χ4n) is 5.04. The predicted molar refractivity (Wildman–Crippen MR) is 146 cm³/mol. The van der Waals surface area contributed by atoms with E-state index in [1.165, 1.54) is 19.2 Å². The van der Waals surface area contributed by atoms with E-state index in [0.29, 0.717) is 24.4 Å². The molecule has 0 spiro atoms. The van der Waals surface area contributed by atoms with Gasteiger partial charge in [0.1, 0.15) is 12.7 Å². The first-order chi connectivity index (χ1) is 18.1. The number of carbonyl (C=O) groups excluding carboxylic acids is 1. The number of amides is 2. The van der Waals surface area contributed by atoms with Crippen molar-refractivity contribution in [3.05, 3.63) is 55.1 Å². The molecule has 10 heteroatoms. The summed E-state index contributed by atoms with van der Waals surface area (Å²) in [6.45, 7) is 0.542. The number of aromatic nitrogens is 4. The molecular weight excluding hydrogens is 486 g/mol. The number of nitrogens with two attached hydrogens (primary N) is 1. The van der Waals surface area contributed by atoms with Crippen molar-refractivity contribution >= 4 is 39.1 Å². The summed E-state index contributed by atoms with van der Waals surface area (Å²) in [4.78, 5) is 17.0. The Morgan fingerprint density at radius 3 is 2.51 bits per heavy atom. The normalized spacial score (nSPS) is 16.8. The number of hydrogen-bond donors (Lipinski definition) is 3. The maximum Gasteiger partial charge on any atom is 0.319 e. The molecule has 4 aromatic rings. The molecule has 1 unspecified atom stereocenters. The van der Waals surface area contributed by atoms with Crippen molar-refractivity contribution in [1.82, 2.24) is 24.6 Å². The predicted octanol–water partition coefficient (Wildman–Crippen LogP) is 4.69. The van der Waals surface area contributed by atoms with Crippen LogP contribution in [0.4, 0.5) is 16.2 Å². The second-order valence-corrected chi connectivity index (χ2v) is 11.5. The summed E-state index contributed by atoms with van der Waals surface area (Å²) in [6, 6.07) is 14.3. The van der Waals surface area contributed by atoms with E-state index in [-0.39, 0.29) is 6.03 Å². The van der Waals surface area contributed by atoms with Crippen molar-refractivity contribution in [2.75, 3.05) is 16.8 Å². The molecule has 2 aromatic heterocycles. The zero-order valence-electron chi connectivity index (χ0n) is 20.6. The van der Waals surface area contributed by atoms with Crippen molar-refractivity contribution in [3.8, 4) is 11.3 Å². The molecule has 0 radical (unpaired) electrons. The number of carbonyl (C=O) groups is 1. The molecule has 2 saturated carbocycles. The number of nitrogen functional groups attached to an aromatic ring is 1. The standard InChI is InChI=1S/C27H31N7O2S/c28-25-23-12-11-22(37(36)14-13-33-17-29-16-30-33)15-24(23)34(21-5-2-6-21)26(25)18-7-9-20(10-8-18)32-27(35)31-19-3-1-4-19/h7-12,15-17,19,21H,1-6,13-14,28H2,(H2,31,32,35). The van der Waals surface area contributed by atoms with Crippen LogP contribution in [0.1, 0.15) is 44.6 Å². The molecule has 2 aromatic carbocycles. The largest absolute Gasteiger partial charge is 0.396 e. The number of fused-ring (bicyclic) bond motifs is 1. The summed E-state index contributed by atoms with van der Waals surface area (Å²) in [5.74, 6) is 0.462. The lowest BCUT2D eigenvalue weighted by Gasteiger charge is -2.30. The van der Waals surface area contributed by atoms with E-state index in [4.69, 9.17) is 5.73 Å². The Balaban J connectivity index is 1.28. The molecule has 2 aliphatic carbocycles. The van der Waals surface area contributed by atoms with E-state index in [2.05, 4.69) is 25.3 Å². The first-order valence-electron chi connectivity index (χ1n) is 12.9. The third-order valence-corrected chi connectivity index (χ3v) is 8.88. The van der Waals surface area contributed by atoms with Crippen LogP contribution in [-0.4, -0.2) is 41.4 Å². The smallest absolute Gasteiger partial charge is 0.319 e. The van der Waals surface area contributed by atoms with Crippen LogP contribution in [0, 0.1) is 0 Å². The second-order valence-electron chi connectivity index (χ2n) is 9.91. The van der Waals surface area contributed by atoms with Gasteiger partial charge in [-0.25, -0.2) is 9.78 Å². The summed E-state index contributed by atoms with van der Waals surface area (Å²) < 4.78 is 17.1. The lowest BCUT2D eigenvalue weighted by molar-refractivity contribution is 0.240. The van der Waals surface area contributed by atoms with Gasteiger partial charge in [0.2, 0.25) is 0 Å². The third-order valence-electron chi connectivity index (χ3n) is 7.55.